The predicted molar refractivity (Wildman–Crippen MR) is 115 cm³/mol. The molecule has 0 bridgehead atoms. The Morgan fingerprint density at radius 2 is 1.97 bits per heavy atom. The molecule has 1 atom stereocenters. The van der Waals surface area contributed by atoms with Crippen molar-refractivity contribution in [2.45, 2.75) is 19.5 Å². The van der Waals surface area contributed by atoms with Gasteiger partial charge < -0.3 is 19.5 Å². The topological polar surface area (TPSA) is 63.6 Å². The van der Waals surface area contributed by atoms with Gasteiger partial charge in [0.15, 0.2) is 0 Å². The molecule has 7 heteroatoms. The quantitative estimate of drug-likeness (QED) is 0.636. The Balaban J connectivity index is 1.77. The number of halogens is 1. The van der Waals surface area contributed by atoms with Gasteiger partial charge >= 0.3 is 12.0 Å². The third-order valence-corrected chi connectivity index (χ3v) is 5.31. The smallest absolute Gasteiger partial charge is 0.325 e. The van der Waals surface area contributed by atoms with Gasteiger partial charge in [-0.05, 0) is 48.4 Å². The molecular weight excluding hydrogens is 402 g/mol. The van der Waals surface area contributed by atoms with Crippen molar-refractivity contribution in [2.75, 3.05) is 13.2 Å². The summed E-state index contributed by atoms with van der Waals surface area (Å²) in [4.78, 5) is 26.7. The van der Waals surface area contributed by atoms with Gasteiger partial charge in [-0.15, -0.1) is 0 Å². The van der Waals surface area contributed by atoms with Crippen LogP contribution in [0.1, 0.15) is 29.8 Å². The highest BCUT2D eigenvalue weighted by atomic mass is 35.5. The summed E-state index contributed by atoms with van der Waals surface area (Å²) in [6.07, 6.45) is 1.99. The minimum atomic E-state index is -0.469. The maximum atomic E-state index is 13.2. The molecule has 1 aliphatic heterocycles. The Kier molecular flexibility index (Phi) is 5.77. The van der Waals surface area contributed by atoms with Crippen LogP contribution in [0.4, 0.5) is 4.79 Å². The molecule has 2 amide bonds. The van der Waals surface area contributed by atoms with Crippen LogP contribution in [0.25, 0.3) is 5.69 Å². The van der Waals surface area contributed by atoms with E-state index in [2.05, 4.69) is 9.88 Å². The molecule has 6 nitrogen and oxygen atoms in total. The van der Waals surface area contributed by atoms with Crippen LogP contribution in [-0.4, -0.2) is 34.6 Å². The molecule has 0 unspecified atom stereocenters. The Labute approximate surface area is 180 Å². The van der Waals surface area contributed by atoms with Gasteiger partial charge in [0.05, 0.1) is 24.9 Å². The van der Waals surface area contributed by atoms with E-state index < -0.39 is 5.97 Å². The van der Waals surface area contributed by atoms with Gasteiger partial charge in [0.25, 0.3) is 0 Å². The van der Waals surface area contributed by atoms with Crippen LogP contribution >= 0.6 is 11.6 Å². The van der Waals surface area contributed by atoms with E-state index in [1.807, 2.05) is 60.8 Å². The number of urea groups is 1. The van der Waals surface area contributed by atoms with Crippen LogP contribution in [0.15, 0.2) is 66.9 Å². The highest BCUT2D eigenvalue weighted by molar-refractivity contribution is 6.30. The van der Waals surface area contributed by atoms with E-state index in [9.17, 15) is 9.59 Å². The molecule has 1 aliphatic rings. The molecule has 0 spiro atoms. The standard InChI is InChI=1S/C23H22ClN3O3/c1-2-30-21(28)14-25-23(29)27-15-17-7-3-4-10-19(17)26-12-6-11-20(26)22(27)16-8-5-9-18(24)13-16/h3-13,22H,2,14-15H2,1H3,(H,25,29)/t22-/m0/s1. The van der Waals surface area contributed by atoms with Crippen LogP contribution in [0.2, 0.25) is 5.02 Å². The number of ether oxygens (including phenoxy) is 1. The van der Waals surface area contributed by atoms with Crippen molar-refractivity contribution in [3.8, 4) is 5.69 Å². The minimum Gasteiger partial charge on any atom is -0.465 e. The second-order valence-electron chi connectivity index (χ2n) is 6.98. The summed E-state index contributed by atoms with van der Waals surface area (Å²) in [6, 6.07) is 18.7. The maximum Gasteiger partial charge on any atom is 0.325 e. The van der Waals surface area contributed by atoms with Gasteiger partial charge in [-0.2, -0.15) is 0 Å². The molecule has 0 aliphatic carbocycles. The minimum absolute atomic E-state index is 0.186. The number of amides is 2. The maximum absolute atomic E-state index is 13.2. The predicted octanol–water partition coefficient (Wildman–Crippen LogP) is 4.31. The number of rotatable bonds is 4. The first-order valence-electron chi connectivity index (χ1n) is 9.79. The van der Waals surface area contributed by atoms with Crippen molar-refractivity contribution < 1.29 is 14.3 Å². The second-order valence-corrected chi connectivity index (χ2v) is 7.42. The van der Waals surface area contributed by atoms with Gasteiger partial charge in [-0.1, -0.05) is 41.9 Å². The molecule has 0 fully saturated rings. The lowest BCUT2D eigenvalue weighted by Gasteiger charge is -2.31. The van der Waals surface area contributed by atoms with Crippen molar-refractivity contribution in [3.05, 3.63) is 88.7 Å². The van der Waals surface area contributed by atoms with Crippen LogP contribution in [0.3, 0.4) is 0 Å². The lowest BCUT2D eigenvalue weighted by Crippen LogP contribution is -2.44. The number of esters is 1. The van der Waals surface area contributed by atoms with Crippen molar-refractivity contribution >= 4 is 23.6 Å². The first-order chi connectivity index (χ1) is 14.6. The first kappa shape index (κ1) is 20.0. The summed E-state index contributed by atoms with van der Waals surface area (Å²) in [7, 11) is 0. The number of hydrogen-bond donors (Lipinski definition) is 1. The molecule has 0 radical (unpaired) electrons. The number of benzene rings is 2. The van der Waals surface area contributed by atoms with E-state index in [0.29, 0.717) is 11.6 Å². The Morgan fingerprint density at radius 3 is 2.77 bits per heavy atom. The van der Waals surface area contributed by atoms with Gasteiger partial charge in [0.1, 0.15) is 6.54 Å². The Morgan fingerprint density at radius 1 is 1.13 bits per heavy atom. The second kappa shape index (κ2) is 8.63. The van der Waals surface area contributed by atoms with Gasteiger partial charge in [0, 0.05) is 16.9 Å². The summed E-state index contributed by atoms with van der Waals surface area (Å²) in [6.45, 7) is 2.19. The number of carbonyl (C=O) groups excluding carboxylic acids is 2. The van der Waals surface area contributed by atoms with E-state index in [0.717, 1.165) is 22.5 Å². The number of hydrogen-bond acceptors (Lipinski definition) is 3. The fraction of sp³-hybridized carbons (Fsp3) is 0.217. The molecular formula is C23H22ClN3O3. The number of carbonyl (C=O) groups is 2. The van der Waals surface area contributed by atoms with Gasteiger partial charge in [-0.3, -0.25) is 4.79 Å². The Hall–Kier alpha value is -3.25. The highest BCUT2D eigenvalue weighted by Gasteiger charge is 2.33. The van der Waals surface area contributed by atoms with E-state index in [1.165, 1.54) is 0 Å². The lowest BCUT2D eigenvalue weighted by molar-refractivity contribution is -0.141. The van der Waals surface area contributed by atoms with Crippen molar-refractivity contribution in [1.82, 2.24) is 14.8 Å². The Bertz CT molecular complexity index is 1080. The molecule has 2 aromatic carbocycles. The molecule has 0 saturated heterocycles. The molecule has 1 aromatic heterocycles. The van der Waals surface area contributed by atoms with Crippen LogP contribution in [0.5, 0.6) is 0 Å². The number of nitrogens with one attached hydrogen (secondary N) is 1. The number of fused-ring (bicyclic) bond motifs is 3. The largest absolute Gasteiger partial charge is 0.465 e. The first-order valence-corrected chi connectivity index (χ1v) is 10.2. The van der Waals surface area contributed by atoms with E-state index >= 15 is 0 Å². The highest BCUT2D eigenvalue weighted by Crippen LogP contribution is 2.37. The van der Waals surface area contributed by atoms with Crippen molar-refractivity contribution in [1.29, 1.82) is 0 Å². The zero-order valence-corrected chi connectivity index (χ0v) is 17.3. The zero-order chi connectivity index (χ0) is 21.1. The summed E-state index contributed by atoms with van der Waals surface area (Å²) in [5, 5.41) is 3.30. The fourth-order valence-electron chi connectivity index (χ4n) is 3.83. The SMILES string of the molecule is CCOC(=O)CNC(=O)N1Cc2ccccc2-n2cccc2[C@@H]1c1cccc(Cl)c1. The lowest BCUT2D eigenvalue weighted by atomic mass is 10.0. The average molecular weight is 424 g/mol. The molecule has 2 heterocycles. The number of para-hydroxylation sites is 1. The average Bonchev–Trinajstić information content (AvgIpc) is 3.16. The summed E-state index contributed by atoms with van der Waals surface area (Å²) in [5.74, 6) is -0.469. The number of nitrogens with zero attached hydrogens (tertiary/aromatic N) is 2. The normalized spacial score (nSPS) is 15.0. The van der Waals surface area contributed by atoms with Crippen LogP contribution in [0, 0.1) is 0 Å². The summed E-state index contributed by atoms with van der Waals surface area (Å²) in [5.41, 5.74) is 3.85. The van der Waals surface area contributed by atoms with Gasteiger partial charge in [-0.25, -0.2) is 4.79 Å². The summed E-state index contributed by atoms with van der Waals surface area (Å²) < 4.78 is 7.03. The van der Waals surface area contributed by atoms with Gasteiger partial charge in [0.2, 0.25) is 0 Å². The van der Waals surface area contributed by atoms with Crippen LogP contribution < -0.4 is 5.32 Å². The zero-order valence-electron chi connectivity index (χ0n) is 16.5. The molecule has 0 saturated carbocycles. The molecule has 3 aromatic rings. The third-order valence-electron chi connectivity index (χ3n) is 5.08. The monoisotopic (exact) mass is 423 g/mol. The van der Waals surface area contributed by atoms with E-state index in [-0.39, 0.29) is 25.2 Å². The molecule has 30 heavy (non-hydrogen) atoms. The molecule has 154 valence electrons. The number of aromatic nitrogens is 1. The fourth-order valence-corrected chi connectivity index (χ4v) is 4.03. The van der Waals surface area contributed by atoms with Crippen molar-refractivity contribution in [3.63, 3.8) is 0 Å². The van der Waals surface area contributed by atoms with E-state index in [1.54, 1.807) is 17.9 Å². The van der Waals surface area contributed by atoms with Crippen LogP contribution in [-0.2, 0) is 16.1 Å². The van der Waals surface area contributed by atoms with Crippen molar-refractivity contribution in [2.24, 2.45) is 0 Å². The molecule has 1 N–H and O–H groups in total. The third kappa shape index (κ3) is 3.91. The van der Waals surface area contributed by atoms with E-state index in [4.69, 9.17) is 16.3 Å². The molecule has 4 rings (SSSR count). The summed E-state index contributed by atoms with van der Waals surface area (Å²) >= 11 is 6.27.